The Morgan fingerprint density at radius 3 is 2.86 bits per heavy atom. The van der Waals surface area contributed by atoms with Gasteiger partial charge in [-0.25, -0.2) is 4.98 Å². The first-order valence-corrected chi connectivity index (χ1v) is 8.76. The molecule has 0 aliphatic heterocycles. The quantitative estimate of drug-likeness (QED) is 0.934. The Kier molecular flexibility index (Phi) is 4.57. The maximum absolute atomic E-state index is 12.8. The summed E-state index contributed by atoms with van der Waals surface area (Å²) < 4.78 is 0. The van der Waals surface area contributed by atoms with Gasteiger partial charge in [-0.05, 0) is 19.8 Å². The lowest BCUT2D eigenvalue weighted by molar-refractivity contribution is 0.0740. The second kappa shape index (κ2) is 6.60. The van der Waals surface area contributed by atoms with Crippen LogP contribution in [-0.4, -0.2) is 33.0 Å². The first kappa shape index (κ1) is 15.2. The minimum Gasteiger partial charge on any atom is -0.332 e. The molecule has 1 aliphatic rings. The van der Waals surface area contributed by atoms with E-state index in [1.165, 1.54) is 19.3 Å². The van der Waals surface area contributed by atoms with Crippen molar-refractivity contribution >= 4 is 17.2 Å². The summed E-state index contributed by atoms with van der Waals surface area (Å²) in [6, 6.07) is -0.0263. The predicted molar refractivity (Wildman–Crippen MR) is 87.0 cm³/mol. The first-order chi connectivity index (χ1) is 10.7. The average molecular weight is 318 g/mol. The highest BCUT2D eigenvalue weighted by molar-refractivity contribution is 7.09. The van der Waals surface area contributed by atoms with Gasteiger partial charge in [0.25, 0.3) is 5.91 Å². The fourth-order valence-corrected chi connectivity index (χ4v) is 3.88. The van der Waals surface area contributed by atoms with E-state index in [9.17, 15) is 4.79 Å². The zero-order chi connectivity index (χ0) is 15.5. The normalized spacial score (nSPS) is 17.4. The van der Waals surface area contributed by atoms with Crippen LogP contribution in [0.25, 0.3) is 0 Å². The van der Waals surface area contributed by atoms with Crippen LogP contribution < -0.4 is 0 Å². The van der Waals surface area contributed by atoms with E-state index >= 15 is 0 Å². The number of H-pyrrole nitrogens is 1. The van der Waals surface area contributed by atoms with Gasteiger partial charge in [-0.15, -0.1) is 11.3 Å². The average Bonchev–Trinajstić information content (AvgIpc) is 3.24. The number of hydrogen-bond acceptors (Lipinski definition) is 4. The molecule has 1 N–H and O–H groups in total. The van der Waals surface area contributed by atoms with Crippen LogP contribution in [0.2, 0.25) is 0 Å². The Morgan fingerprint density at radius 2 is 2.18 bits per heavy atom. The van der Waals surface area contributed by atoms with Gasteiger partial charge in [0, 0.05) is 24.5 Å². The minimum atomic E-state index is -0.0263. The van der Waals surface area contributed by atoms with E-state index in [1.54, 1.807) is 28.6 Å². The molecular weight excluding hydrogens is 296 g/mol. The third kappa shape index (κ3) is 2.92. The number of carbonyl (C=O) groups is 1. The van der Waals surface area contributed by atoms with Crippen LogP contribution in [0.15, 0.2) is 17.8 Å². The number of thiazole rings is 1. The van der Waals surface area contributed by atoms with Gasteiger partial charge in [0.2, 0.25) is 0 Å². The highest BCUT2D eigenvalue weighted by atomic mass is 32.1. The van der Waals surface area contributed by atoms with Gasteiger partial charge in [-0.1, -0.05) is 19.3 Å². The van der Waals surface area contributed by atoms with Crippen LogP contribution in [0.5, 0.6) is 0 Å². The van der Waals surface area contributed by atoms with Crippen LogP contribution in [0, 0.1) is 0 Å². The number of aromatic nitrogens is 3. The number of rotatable bonds is 4. The Morgan fingerprint density at radius 1 is 1.41 bits per heavy atom. The molecule has 1 amide bonds. The Hall–Kier alpha value is -1.69. The van der Waals surface area contributed by atoms with E-state index in [0.717, 1.165) is 29.1 Å². The molecule has 0 unspecified atom stereocenters. The molecule has 2 aromatic rings. The number of aromatic amines is 1. The van der Waals surface area contributed by atoms with E-state index in [-0.39, 0.29) is 11.9 Å². The number of nitrogens with one attached hydrogen (secondary N) is 1. The lowest BCUT2D eigenvalue weighted by Gasteiger charge is -2.25. The largest absolute Gasteiger partial charge is 0.332 e. The van der Waals surface area contributed by atoms with Gasteiger partial charge in [0.15, 0.2) is 0 Å². The zero-order valence-electron chi connectivity index (χ0n) is 13.1. The van der Waals surface area contributed by atoms with Crippen LogP contribution in [0.4, 0.5) is 0 Å². The summed E-state index contributed by atoms with van der Waals surface area (Å²) in [4.78, 5) is 18.9. The molecule has 3 rings (SSSR count). The van der Waals surface area contributed by atoms with E-state index in [4.69, 9.17) is 0 Å². The molecule has 0 radical (unpaired) electrons. The van der Waals surface area contributed by atoms with Crippen LogP contribution in [-0.2, 0) is 0 Å². The molecule has 0 saturated heterocycles. The maximum Gasteiger partial charge on any atom is 0.257 e. The molecule has 5 nitrogen and oxygen atoms in total. The molecule has 22 heavy (non-hydrogen) atoms. The van der Waals surface area contributed by atoms with Crippen molar-refractivity contribution in [2.24, 2.45) is 0 Å². The van der Waals surface area contributed by atoms with Crippen molar-refractivity contribution in [1.29, 1.82) is 0 Å². The summed E-state index contributed by atoms with van der Waals surface area (Å²) in [7, 11) is 1.84. The fraction of sp³-hybridized carbons (Fsp3) is 0.562. The van der Waals surface area contributed by atoms with Crippen LogP contribution in [0.3, 0.4) is 0 Å². The number of nitrogens with zero attached hydrogens (tertiary/aromatic N) is 3. The first-order valence-electron chi connectivity index (χ1n) is 7.88. The van der Waals surface area contributed by atoms with E-state index in [0.29, 0.717) is 5.92 Å². The molecule has 1 atom stereocenters. The molecule has 6 heteroatoms. The summed E-state index contributed by atoms with van der Waals surface area (Å²) in [5.74, 6) is 0.468. The second-order valence-electron chi connectivity index (χ2n) is 5.99. The van der Waals surface area contributed by atoms with E-state index < -0.39 is 0 Å². The van der Waals surface area contributed by atoms with Crippen molar-refractivity contribution in [3.63, 3.8) is 0 Å². The van der Waals surface area contributed by atoms with Gasteiger partial charge in [-0.3, -0.25) is 9.89 Å². The Balaban J connectivity index is 1.79. The molecule has 1 aliphatic carbocycles. The molecule has 2 aromatic heterocycles. The van der Waals surface area contributed by atoms with Crippen LogP contribution >= 0.6 is 11.3 Å². The molecule has 1 saturated carbocycles. The van der Waals surface area contributed by atoms with Gasteiger partial charge in [-0.2, -0.15) is 5.10 Å². The van der Waals surface area contributed by atoms with E-state index in [2.05, 4.69) is 15.2 Å². The van der Waals surface area contributed by atoms with Gasteiger partial charge < -0.3 is 4.90 Å². The highest BCUT2D eigenvalue weighted by Gasteiger charge is 2.27. The number of amides is 1. The Labute approximate surface area is 134 Å². The third-order valence-corrected chi connectivity index (χ3v) is 5.57. The summed E-state index contributed by atoms with van der Waals surface area (Å²) in [5, 5.41) is 10.1. The fourth-order valence-electron chi connectivity index (χ4n) is 3.14. The summed E-state index contributed by atoms with van der Waals surface area (Å²) in [6.07, 6.45) is 9.53. The Bertz CT molecular complexity index is 616. The lowest BCUT2D eigenvalue weighted by Crippen LogP contribution is -2.30. The van der Waals surface area contributed by atoms with Crippen molar-refractivity contribution in [3.05, 3.63) is 34.0 Å². The topological polar surface area (TPSA) is 61.9 Å². The maximum atomic E-state index is 12.8. The SMILES string of the molecule is C[C@H](c1nccs1)N(C)C(=O)c1cn[nH]c1C1CCCCC1. The predicted octanol–water partition coefficient (Wildman–Crippen LogP) is 3.75. The van der Waals surface area contributed by atoms with Crippen molar-refractivity contribution in [2.75, 3.05) is 7.05 Å². The molecule has 2 heterocycles. The number of carbonyl (C=O) groups excluding carboxylic acids is 1. The van der Waals surface area contributed by atoms with Crippen LogP contribution in [0.1, 0.15) is 72.0 Å². The highest BCUT2D eigenvalue weighted by Crippen LogP contribution is 2.34. The lowest BCUT2D eigenvalue weighted by atomic mass is 9.85. The molecule has 0 aromatic carbocycles. The third-order valence-electron chi connectivity index (χ3n) is 4.62. The van der Waals surface area contributed by atoms with Crippen molar-refractivity contribution in [3.8, 4) is 0 Å². The van der Waals surface area contributed by atoms with E-state index in [1.807, 2.05) is 19.4 Å². The number of hydrogen-bond donors (Lipinski definition) is 1. The van der Waals surface area contributed by atoms with Gasteiger partial charge in [0.1, 0.15) is 5.01 Å². The van der Waals surface area contributed by atoms with Gasteiger partial charge >= 0.3 is 0 Å². The monoisotopic (exact) mass is 318 g/mol. The molecule has 1 fully saturated rings. The zero-order valence-corrected chi connectivity index (χ0v) is 13.9. The summed E-state index contributed by atoms with van der Waals surface area (Å²) in [6.45, 7) is 2.01. The molecule has 0 spiro atoms. The molecule has 118 valence electrons. The summed E-state index contributed by atoms with van der Waals surface area (Å²) >= 11 is 1.58. The molecular formula is C16H22N4OS. The summed E-state index contributed by atoms with van der Waals surface area (Å²) in [5.41, 5.74) is 1.74. The van der Waals surface area contributed by atoms with Crippen molar-refractivity contribution < 1.29 is 4.79 Å². The molecule has 0 bridgehead atoms. The van der Waals surface area contributed by atoms with Crippen molar-refractivity contribution in [2.45, 2.75) is 51.0 Å². The standard InChI is InChI=1S/C16H22N4OS/c1-11(15-17-8-9-22-15)20(2)16(21)13-10-18-19-14(13)12-6-4-3-5-7-12/h8-12H,3-7H2,1-2H3,(H,18,19)/t11-/m1/s1. The second-order valence-corrected chi connectivity index (χ2v) is 6.92. The smallest absolute Gasteiger partial charge is 0.257 e. The van der Waals surface area contributed by atoms with Gasteiger partial charge in [0.05, 0.1) is 23.5 Å². The van der Waals surface area contributed by atoms with Crippen molar-refractivity contribution in [1.82, 2.24) is 20.1 Å². The minimum absolute atomic E-state index is 0.0250.